The molecule has 0 N–H and O–H groups in total. The van der Waals surface area contributed by atoms with Gasteiger partial charge in [0.25, 0.3) is 0 Å². The van der Waals surface area contributed by atoms with Gasteiger partial charge in [-0.25, -0.2) is 0 Å². The van der Waals surface area contributed by atoms with Gasteiger partial charge in [0, 0.05) is 18.1 Å². The molecule has 1 amide bonds. The first-order chi connectivity index (χ1) is 27.2. The van der Waals surface area contributed by atoms with Crippen LogP contribution in [0.15, 0.2) is 146 Å². The molecule has 0 bridgehead atoms. The number of rotatable bonds is 4. The van der Waals surface area contributed by atoms with Crippen LogP contribution in [0.3, 0.4) is 0 Å². The van der Waals surface area contributed by atoms with E-state index >= 15 is 0 Å². The van der Waals surface area contributed by atoms with Crippen LogP contribution in [0.4, 0.5) is 5.69 Å². The topological polar surface area (TPSA) is 20.3 Å². The van der Waals surface area contributed by atoms with Crippen LogP contribution in [0.1, 0.15) is 76.3 Å². The molecule has 8 rings (SSSR count). The van der Waals surface area contributed by atoms with E-state index in [0.717, 1.165) is 50.2 Å². The summed E-state index contributed by atoms with van der Waals surface area (Å²) in [6, 6.07) is 53.9. The molecule has 2 nitrogen and oxygen atoms in total. The molecule has 284 valence electrons. The van der Waals surface area contributed by atoms with Crippen LogP contribution in [0.25, 0.3) is 66.8 Å². The monoisotopic (exact) mass is 743 g/mol. The highest BCUT2D eigenvalue weighted by atomic mass is 16.2. The molecule has 1 heterocycles. The zero-order chi connectivity index (χ0) is 40.2. The molecule has 0 saturated heterocycles. The third-order valence-corrected chi connectivity index (χ3v) is 11.7. The number of nitrogens with zero attached hydrogens (tertiary/aromatic N) is 1. The summed E-state index contributed by atoms with van der Waals surface area (Å²) in [4.78, 5) is 15.7. The zero-order valence-corrected chi connectivity index (χ0v) is 34.9. The van der Waals surface area contributed by atoms with E-state index in [1.54, 1.807) is 6.92 Å². The lowest BCUT2D eigenvalue weighted by atomic mass is 9.72. The normalized spacial score (nSPS) is 12.6. The first kappa shape index (κ1) is 37.9. The quantitative estimate of drug-likeness (QED) is 0.176. The third kappa shape index (κ3) is 7.03. The molecule has 0 unspecified atom stereocenters. The largest absolute Gasteiger partial charge is 0.308 e. The Morgan fingerprint density at radius 2 is 0.789 bits per heavy atom. The van der Waals surface area contributed by atoms with Crippen molar-refractivity contribution in [1.29, 1.82) is 0 Å². The fourth-order valence-corrected chi connectivity index (χ4v) is 8.52. The Morgan fingerprint density at radius 1 is 0.439 bits per heavy atom. The minimum atomic E-state index is 0.00180. The maximum Gasteiger partial charge on any atom is 0.224 e. The Balaban J connectivity index is 1.69. The van der Waals surface area contributed by atoms with Crippen LogP contribution in [0.2, 0.25) is 0 Å². The van der Waals surface area contributed by atoms with Crippen molar-refractivity contribution in [2.24, 2.45) is 0 Å². The zero-order valence-electron chi connectivity index (χ0n) is 34.9. The van der Waals surface area contributed by atoms with E-state index in [2.05, 4.69) is 201 Å². The SMILES string of the molecule is CC(=O)N1Cc2ccccc2-c2c(-c3ccc(C)cc3)c(-c3ccc(C(C)(C)C)cc3)c(-c3ccc(C(C)(C)C)cc3)c(-c3ccc(C)cc3)c2-c2ccccc21. The summed E-state index contributed by atoms with van der Waals surface area (Å²) in [5.74, 6) is 0.0184. The molecule has 0 aliphatic carbocycles. The second-order valence-corrected chi connectivity index (χ2v) is 17.9. The molecular weight excluding hydrogens is 691 g/mol. The highest BCUT2D eigenvalue weighted by Crippen LogP contribution is 2.58. The van der Waals surface area contributed by atoms with Gasteiger partial charge in [0.05, 0.1) is 12.2 Å². The Bertz CT molecular complexity index is 2610. The third-order valence-electron chi connectivity index (χ3n) is 11.7. The Hall–Kier alpha value is -5.99. The lowest BCUT2D eigenvalue weighted by Crippen LogP contribution is -2.29. The number of aryl methyl sites for hydroxylation is 2. The number of fused-ring (bicyclic) bond motifs is 5. The number of benzene rings is 7. The second-order valence-electron chi connectivity index (χ2n) is 17.9. The Labute approximate surface area is 339 Å². The van der Waals surface area contributed by atoms with Gasteiger partial charge in [-0.15, -0.1) is 0 Å². The van der Waals surface area contributed by atoms with E-state index in [-0.39, 0.29) is 16.7 Å². The van der Waals surface area contributed by atoms with Gasteiger partial charge in [0.2, 0.25) is 5.91 Å². The van der Waals surface area contributed by atoms with Crippen molar-refractivity contribution in [1.82, 2.24) is 0 Å². The second kappa shape index (κ2) is 14.5. The molecule has 1 aliphatic rings. The van der Waals surface area contributed by atoms with Crippen molar-refractivity contribution < 1.29 is 4.79 Å². The summed E-state index contributed by atoms with van der Waals surface area (Å²) in [7, 11) is 0. The predicted octanol–water partition coefficient (Wildman–Crippen LogP) is 14.8. The van der Waals surface area contributed by atoms with E-state index in [4.69, 9.17) is 0 Å². The molecule has 1 aliphatic heterocycles. The predicted molar refractivity (Wildman–Crippen MR) is 243 cm³/mol. The number of hydrogen-bond acceptors (Lipinski definition) is 1. The van der Waals surface area contributed by atoms with Gasteiger partial charge in [-0.3, -0.25) is 4.79 Å². The lowest BCUT2D eigenvalue weighted by molar-refractivity contribution is -0.116. The molecule has 0 radical (unpaired) electrons. The standard InChI is InChI=1S/C55H53NO/c1-35-18-22-38(23-19-35)50-48(40-26-30-43(31-27-40)54(4,5)6)49(41-28-32-44(33-29-41)55(7,8)9)51(39-24-20-36(2)21-25-39)53-46-16-12-13-17-47(46)56(37(3)57)34-42-14-10-11-15-45(42)52(50)53/h10-33H,34H2,1-9H3. The average Bonchev–Trinajstić information content (AvgIpc) is 3.18. The molecule has 7 aromatic carbocycles. The van der Waals surface area contributed by atoms with Gasteiger partial charge >= 0.3 is 0 Å². The van der Waals surface area contributed by atoms with Crippen LogP contribution in [-0.2, 0) is 22.2 Å². The fourth-order valence-electron chi connectivity index (χ4n) is 8.52. The number of hydrogen-bond donors (Lipinski definition) is 0. The number of carbonyl (C=O) groups excluding carboxylic acids is 1. The van der Waals surface area contributed by atoms with E-state index in [9.17, 15) is 4.79 Å². The summed E-state index contributed by atoms with van der Waals surface area (Å²) in [5, 5.41) is 0. The van der Waals surface area contributed by atoms with E-state index in [1.165, 1.54) is 50.1 Å². The van der Waals surface area contributed by atoms with Crippen molar-refractivity contribution in [3.63, 3.8) is 0 Å². The molecule has 0 atom stereocenters. The van der Waals surface area contributed by atoms with Crippen molar-refractivity contribution in [3.05, 3.63) is 173 Å². The van der Waals surface area contributed by atoms with E-state index in [1.807, 2.05) is 4.90 Å². The molecule has 57 heavy (non-hydrogen) atoms. The van der Waals surface area contributed by atoms with Crippen molar-refractivity contribution in [3.8, 4) is 66.8 Å². The lowest BCUT2D eigenvalue weighted by Gasteiger charge is -2.34. The van der Waals surface area contributed by atoms with Gasteiger partial charge in [0.1, 0.15) is 0 Å². The van der Waals surface area contributed by atoms with Gasteiger partial charge in [0.15, 0.2) is 0 Å². The molecule has 2 heteroatoms. The first-order valence-electron chi connectivity index (χ1n) is 20.3. The Kier molecular flexibility index (Phi) is 9.65. The minimum absolute atomic E-state index is 0.00180. The van der Waals surface area contributed by atoms with Crippen molar-refractivity contribution in [2.75, 3.05) is 4.90 Å². The van der Waals surface area contributed by atoms with Gasteiger partial charge in [-0.1, -0.05) is 192 Å². The van der Waals surface area contributed by atoms with Crippen LogP contribution >= 0.6 is 0 Å². The van der Waals surface area contributed by atoms with Gasteiger partial charge < -0.3 is 4.90 Å². The summed E-state index contributed by atoms with van der Waals surface area (Å²) in [5.41, 5.74) is 20.9. The van der Waals surface area contributed by atoms with Crippen LogP contribution < -0.4 is 4.90 Å². The minimum Gasteiger partial charge on any atom is -0.308 e. The maximum atomic E-state index is 13.7. The molecule has 0 spiro atoms. The van der Waals surface area contributed by atoms with Crippen molar-refractivity contribution in [2.45, 2.75) is 79.7 Å². The number of para-hydroxylation sites is 1. The van der Waals surface area contributed by atoms with Gasteiger partial charge in [-0.05, 0) is 103 Å². The van der Waals surface area contributed by atoms with Gasteiger partial charge in [-0.2, -0.15) is 0 Å². The number of anilines is 1. The fraction of sp³-hybridized carbons (Fsp3) is 0.218. The molecule has 7 aromatic rings. The summed E-state index contributed by atoms with van der Waals surface area (Å²) in [6.45, 7) is 20.1. The smallest absolute Gasteiger partial charge is 0.224 e. The van der Waals surface area contributed by atoms with Crippen LogP contribution in [-0.4, -0.2) is 5.91 Å². The average molecular weight is 744 g/mol. The van der Waals surface area contributed by atoms with E-state index in [0.29, 0.717) is 6.54 Å². The molecular formula is C55H53NO. The molecule has 0 saturated carbocycles. The Morgan fingerprint density at radius 3 is 1.21 bits per heavy atom. The molecule has 0 fully saturated rings. The highest BCUT2D eigenvalue weighted by Gasteiger charge is 2.33. The van der Waals surface area contributed by atoms with E-state index < -0.39 is 0 Å². The van der Waals surface area contributed by atoms with Crippen molar-refractivity contribution >= 4 is 11.6 Å². The van der Waals surface area contributed by atoms with Crippen LogP contribution in [0, 0.1) is 13.8 Å². The maximum absolute atomic E-state index is 13.7. The number of amides is 1. The number of carbonyl (C=O) groups is 1. The summed E-state index contributed by atoms with van der Waals surface area (Å²) < 4.78 is 0. The van der Waals surface area contributed by atoms with Crippen LogP contribution in [0.5, 0.6) is 0 Å². The summed E-state index contributed by atoms with van der Waals surface area (Å²) >= 11 is 0. The summed E-state index contributed by atoms with van der Waals surface area (Å²) in [6.07, 6.45) is 0. The first-order valence-corrected chi connectivity index (χ1v) is 20.3. The molecule has 0 aromatic heterocycles. The highest BCUT2D eigenvalue weighted by molar-refractivity contribution is 6.17.